The van der Waals surface area contributed by atoms with Gasteiger partial charge in [-0.3, -0.25) is 0 Å². The summed E-state index contributed by atoms with van der Waals surface area (Å²) >= 11 is 0. The van der Waals surface area contributed by atoms with Gasteiger partial charge in [0.2, 0.25) is 0 Å². The molecule has 0 aliphatic carbocycles. The zero-order valence-corrected chi connectivity index (χ0v) is 16.2. The molecule has 0 amide bonds. The minimum Gasteiger partial charge on any atom is -0.478 e. The first-order valence-electron chi connectivity index (χ1n) is 9.42. The van der Waals surface area contributed by atoms with Crippen molar-refractivity contribution in [2.75, 3.05) is 6.61 Å². The predicted molar refractivity (Wildman–Crippen MR) is 110 cm³/mol. The third-order valence-corrected chi connectivity index (χ3v) is 4.55. The molecule has 2 N–H and O–H groups in total. The molecular weight excluding hydrogens is 384 g/mol. The Bertz CT molecular complexity index is 985. The van der Waals surface area contributed by atoms with Gasteiger partial charge in [-0.25, -0.2) is 9.59 Å². The van der Waals surface area contributed by atoms with Crippen molar-refractivity contribution < 1.29 is 29.3 Å². The van der Waals surface area contributed by atoms with Crippen LogP contribution in [0.25, 0.3) is 0 Å². The molecule has 30 heavy (non-hydrogen) atoms. The van der Waals surface area contributed by atoms with E-state index in [4.69, 9.17) is 9.47 Å². The molecule has 1 atom stereocenters. The normalized spacial score (nSPS) is 11.7. The smallest absolute Gasteiger partial charge is 0.336 e. The van der Waals surface area contributed by atoms with Gasteiger partial charge in [-0.2, -0.15) is 0 Å². The maximum Gasteiger partial charge on any atom is 0.336 e. The monoisotopic (exact) mass is 406 g/mol. The van der Waals surface area contributed by atoms with Crippen molar-refractivity contribution in [1.82, 2.24) is 0 Å². The van der Waals surface area contributed by atoms with Crippen molar-refractivity contribution in [3.63, 3.8) is 0 Å². The van der Waals surface area contributed by atoms with Gasteiger partial charge in [0.25, 0.3) is 0 Å². The summed E-state index contributed by atoms with van der Waals surface area (Å²) in [5, 5.41) is 18.7. The van der Waals surface area contributed by atoms with E-state index in [1.165, 1.54) is 12.1 Å². The molecule has 0 bridgehead atoms. The molecule has 3 rings (SSSR count). The number of ether oxygens (including phenoxy) is 2. The zero-order chi connectivity index (χ0) is 21.3. The second-order valence-electron chi connectivity index (χ2n) is 6.70. The number of hydrogen-bond donors (Lipinski definition) is 2. The molecular formula is C24H22O6. The Kier molecular flexibility index (Phi) is 7.32. The Morgan fingerprint density at radius 1 is 0.733 bits per heavy atom. The summed E-state index contributed by atoms with van der Waals surface area (Å²) in [4.78, 5) is 22.9. The van der Waals surface area contributed by atoms with Gasteiger partial charge in [0.05, 0.1) is 30.9 Å². The minimum absolute atomic E-state index is 0.188. The highest BCUT2D eigenvalue weighted by Gasteiger charge is 2.20. The molecule has 0 saturated heterocycles. The average Bonchev–Trinajstić information content (AvgIpc) is 2.77. The molecule has 0 radical (unpaired) electrons. The molecule has 0 heterocycles. The second-order valence-corrected chi connectivity index (χ2v) is 6.70. The first-order valence-corrected chi connectivity index (χ1v) is 9.42. The Labute approximate surface area is 174 Å². The highest BCUT2D eigenvalue weighted by Crippen LogP contribution is 2.24. The van der Waals surface area contributed by atoms with E-state index in [0.717, 1.165) is 11.1 Å². The van der Waals surface area contributed by atoms with Crippen molar-refractivity contribution in [1.29, 1.82) is 0 Å². The summed E-state index contributed by atoms with van der Waals surface area (Å²) in [7, 11) is 0. The Balaban J connectivity index is 1.79. The van der Waals surface area contributed by atoms with Crippen LogP contribution < -0.4 is 0 Å². The van der Waals surface area contributed by atoms with Crippen molar-refractivity contribution in [2.24, 2.45) is 0 Å². The van der Waals surface area contributed by atoms with E-state index in [9.17, 15) is 19.8 Å². The van der Waals surface area contributed by atoms with Crippen LogP contribution in [0.2, 0.25) is 0 Å². The van der Waals surface area contributed by atoms with Gasteiger partial charge in [-0.1, -0.05) is 66.7 Å². The third kappa shape index (κ3) is 5.76. The molecule has 0 saturated carbocycles. The Morgan fingerprint density at radius 2 is 1.30 bits per heavy atom. The number of hydrogen-bond acceptors (Lipinski definition) is 4. The van der Waals surface area contributed by atoms with E-state index in [2.05, 4.69) is 0 Å². The summed E-state index contributed by atoms with van der Waals surface area (Å²) in [5.74, 6) is -2.60. The van der Waals surface area contributed by atoms with Gasteiger partial charge < -0.3 is 19.7 Å². The fourth-order valence-corrected chi connectivity index (χ4v) is 3.00. The molecule has 3 aromatic carbocycles. The summed E-state index contributed by atoms with van der Waals surface area (Å²) in [6, 6.07) is 23.4. The molecule has 3 aromatic rings. The summed E-state index contributed by atoms with van der Waals surface area (Å²) < 4.78 is 11.8. The van der Waals surface area contributed by atoms with Crippen LogP contribution in [-0.4, -0.2) is 28.8 Å². The van der Waals surface area contributed by atoms with Gasteiger partial charge in [0.1, 0.15) is 6.10 Å². The number of rotatable bonds is 10. The van der Waals surface area contributed by atoms with Crippen molar-refractivity contribution in [3.8, 4) is 0 Å². The topological polar surface area (TPSA) is 93.1 Å². The molecule has 0 aromatic heterocycles. The van der Waals surface area contributed by atoms with Gasteiger partial charge in [-0.05, 0) is 28.8 Å². The minimum atomic E-state index is -1.30. The van der Waals surface area contributed by atoms with E-state index >= 15 is 0 Å². The Hall–Kier alpha value is -3.48. The molecule has 154 valence electrons. The van der Waals surface area contributed by atoms with E-state index in [0.29, 0.717) is 18.8 Å². The number of benzene rings is 3. The maximum absolute atomic E-state index is 11.5. The van der Waals surface area contributed by atoms with Crippen LogP contribution in [0.15, 0.2) is 78.9 Å². The van der Waals surface area contributed by atoms with Crippen LogP contribution in [0.5, 0.6) is 0 Å². The molecule has 0 spiro atoms. The number of carboxylic acid groups (broad SMARTS) is 2. The fourth-order valence-electron chi connectivity index (χ4n) is 3.00. The lowest BCUT2D eigenvalue weighted by Gasteiger charge is -2.20. The molecule has 0 aliphatic rings. The maximum atomic E-state index is 11.5. The van der Waals surface area contributed by atoms with E-state index in [1.807, 2.05) is 60.7 Å². The molecule has 1 unspecified atom stereocenters. The van der Waals surface area contributed by atoms with Gasteiger partial charge in [-0.15, -0.1) is 0 Å². The Morgan fingerprint density at radius 3 is 1.87 bits per heavy atom. The van der Waals surface area contributed by atoms with Gasteiger partial charge in [0, 0.05) is 0 Å². The van der Waals surface area contributed by atoms with Crippen LogP contribution in [0.4, 0.5) is 0 Å². The van der Waals surface area contributed by atoms with Crippen molar-refractivity contribution in [3.05, 3.63) is 107 Å². The van der Waals surface area contributed by atoms with Crippen LogP contribution in [0, 0.1) is 0 Å². The highest BCUT2D eigenvalue weighted by atomic mass is 16.5. The van der Waals surface area contributed by atoms with E-state index in [1.54, 1.807) is 6.07 Å². The van der Waals surface area contributed by atoms with Crippen molar-refractivity contribution >= 4 is 11.9 Å². The molecule has 6 heteroatoms. The highest BCUT2D eigenvalue weighted by molar-refractivity contribution is 6.01. The standard InChI is InChI=1S/C24H22O6/c25-23(26)20-12-11-19(13-21(20)24(27)28)22(30-15-18-9-5-2-6-10-18)16-29-14-17-7-3-1-4-8-17/h1-13,22H,14-16H2,(H,25,26)(H,27,28). The largest absolute Gasteiger partial charge is 0.478 e. The molecule has 0 aliphatic heterocycles. The number of aromatic carboxylic acids is 2. The van der Waals surface area contributed by atoms with E-state index in [-0.39, 0.29) is 17.7 Å². The summed E-state index contributed by atoms with van der Waals surface area (Å²) in [6.07, 6.45) is -0.560. The first-order chi connectivity index (χ1) is 14.5. The van der Waals surface area contributed by atoms with Crippen LogP contribution >= 0.6 is 0 Å². The van der Waals surface area contributed by atoms with Crippen LogP contribution in [-0.2, 0) is 22.7 Å². The van der Waals surface area contributed by atoms with Gasteiger partial charge >= 0.3 is 11.9 Å². The molecule has 6 nitrogen and oxygen atoms in total. The second kappa shape index (κ2) is 10.3. The number of carboxylic acids is 2. The average molecular weight is 406 g/mol. The summed E-state index contributed by atoms with van der Waals surface area (Å²) in [5.41, 5.74) is 1.97. The quantitative estimate of drug-likeness (QED) is 0.513. The molecule has 0 fully saturated rings. The summed E-state index contributed by atoms with van der Waals surface area (Å²) in [6.45, 7) is 0.877. The lowest BCUT2D eigenvalue weighted by atomic mass is 10.0. The van der Waals surface area contributed by atoms with Crippen LogP contribution in [0.3, 0.4) is 0 Å². The van der Waals surface area contributed by atoms with E-state index < -0.39 is 18.0 Å². The van der Waals surface area contributed by atoms with Gasteiger partial charge in [0.15, 0.2) is 0 Å². The number of carbonyl (C=O) groups is 2. The lowest BCUT2D eigenvalue weighted by Crippen LogP contribution is -2.15. The zero-order valence-electron chi connectivity index (χ0n) is 16.2. The SMILES string of the molecule is O=C(O)c1ccc(C(COCc2ccccc2)OCc2ccccc2)cc1C(=O)O. The van der Waals surface area contributed by atoms with Crippen molar-refractivity contribution in [2.45, 2.75) is 19.3 Å². The lowest BCUT2D eigenvalue weighted by molar-refractivity contribution is -0.0314. The first kappa shape index (κ1) is 21.2. The fraction of sp³-hybridized carbons (Fsp3) is 0.167. The predicted octanol–water partition coefficient (Wildman–Crippen LogP) is 4.56. The third-order valence-electron chi connectivity index (χ3n) is 4.55. The van der Waals surface area contributed by atoms with Crippen LogP contribution in [0.1, 0.15) is 43.5 Å².